The maximum Gasteiger partial charge on any atom is 0.324 e. The second-order valence-electron chi connectivity index (χ2n) is 5.30. The van der Waals surface area contributed by atoms with Crippen LogP contribution in [0.15, 0.2) is 0 Å². The molecule has 1 aliphatic heterocycles. The largest absolute Gasteiger partial charge is 0.480 e. The number of nitrogens with one attached hydrogen (secondary N) is 1. The molecule has 5 nitrogen and oxygen atoms in total. The van der Waals surface area contributed by atoms with Crippen LogP contribution in [0.4, 0.5) is 0 Å². The van der Waals surface area contributed by atoms with Gasteiger partial charge >= 0.3 is 5.97 Å². The molecule has 1 aliphatic rings. The van der Waals surface area contributed by atoms with Crippen LogP contribution in [0.1, 0.15) is 52.9 Å². The molecule has 1 unspecified atom stereocenters. The van der Waals surface area contributed by atoms with E-state index < -0.39 is 11.5 Å². The molecular weight excluding hydrogens is 244 g/mol. The smallest absolute Gasteiger partial charge is 0.324 e. The molecule has 2 N–H and O–H groups in total. The maximum absolute atomic E-state index is 12.0. The first-order chi connectivity index (χ1) is 9.00. The average Bonchev–Trinajstić information content (AvgIpc) is 2.79. The van der Waals surface area contributed by atoms with Gasteiger partial charge in [-0.25, -0.2) is 0 Å². The summed E-state index contributed by atoms with van der Waals surface area (Å²) < 4.78 is 0. The van der Waals surface area contributed by atoms with Crippen LogP contribution in [0.25, 0.3) is 0 Å². The molecular formula is C14H26N2O3. The number of carboxylic acid groups (broad SMARTS) is 1. The fourth-order valence-electron chi connectivity index (χ4n) is 2.90. The normalized spacial score (nSPS) is 23.8. The van der Waals surface area contributed by atoms with Crippen molar-refractivity contribution in [3.05, 3.63) is 0 Å². The van der Waals surface area contributed by atoms with E-state index in [-0.39, 0.29) is 18.5 Å². The van der Waals surface area contributed by atoms with Crippen LogP contribution >= 0.6 is 0 Å². The third kappa shape index (κ3) is 3.47. The Morgan fingerprint density at radius 3 is 2.42 bits per heavy atom. The Bertz CT molecular complexity index is 329. The summed E-state index contributed by atoms with van der Waals surface area (Å²) in [5.41, 5.74) is -0.842. The Balaban J connectivity index is 2.65. The van der Waals surface area contributed by atoms with Crippen molar-refractivity contribution in [2.24, 2.45) is 0 Å². The molecule has 0 bridgehead atoms. The van der Waals surface area contributed by atoms with Gasteiger partial charge in [0.1, 0.15) is 5.54 Å². The highest BCUT2D eigenvalue weighted by atomic mass is 16.4. The van der Waals surface area contributed by atoms with Crippen molar-refractivity contribution in [3.8, 4) is 0 Å². The lowest BCUT2D eigenvalue weighted by Crippen LogP contribution is -2.53. The van der Waals surface area contributed by atoms with Crippen LogP contribution in [0.3, 0.4) is 0 Å². The number of nitrogens with zero attached hydrogens (tertiary/aromatic N) is 1. The molecule has 1 rings (SSSR count). The van der Waals surface area contributed by atoms with Crippen molar-refractivity contribution in [1.82, 2.24) is 10.2 Å². The molecule has 19 heavy (non-hydrogen) atoms. The zero-order chi connectivity index (χ0) is 14.5. The predicted molar refractivity (Wildman–Crippen MR) is 74.0 cm³/mol. The van der Waals surface area contributed by atoms with Crippen molar-refractivity contribution in [3.63, 3.8) is 0 Å². The minimum absolute atomic E-state index is 0.0605. The summed E-state index contributed by atoms with van der Waals surface area (Å²) in [6, 6.07) is 0.191. The highest BCUT2D eigenvalue weighted by molar-refractivity contribution is 5.82. The number of carbonyl (C=O) groups excluding carboxylic acids is 1. The first-order valence-corrected chi connectivity index (χ1v) is 7.28. The van der Waals surface area contributed by atoms with E-state index in [1.54, 1.807) is 0 Å². The molecule has 0 aromatic carbocycles. The minimum Gasteiger partial charge on any atom is -0.480 e. The van der Waals surface area contributed by atoms with E-state index in [0.717, 1.165) is 19.3 Å². The minimum atomic E-state index is -0.842. The molecule has 0 saturated carbocycles. The summed E-state index contributed by atoms with van der Waals surface area (Å²) in [7, 11) is 0. The third-order valence-corrected chi connectivity index (χ3v) is 4.29. The standard InChI is InChI=1S/C14H26N2O3/c1-4-11(5-2)15-12(17)10-16-9-7-8-14(16,6-3)13(18)19/h11H,4-10H2,1-3H3,(H,15,17)(H,18,19). The number of carbonyl (C=O) groups is 2. The van der Waals surface area contributed by atoms with E-state index in [9.17, 15) is 14.7 Å². The fourth-order valence-corrected chi connectivity index (χ4v) is 2.90. The molecule has 5 heteroatoms. The second kappa shape index (κ2) is 6.89. The second-order valence-corrected chi connectivity index (χ2v) is 5.30. The molecule has 0 aromatic rings. The lowest BCUT2D eigenvalue weighted by molar-refractivity contribution is -0.150. The zero-order valence-corrected chi connectivity index (χ0v) is 12.2. The average molecular weight is 270 g/mol. The number of likely N-dealkylation sites (tertiary alicyclic amines) is 1. The van der Waals surface area contributed by atoms with Crippen LogP contribution in [-0.4, -0.2) is 46.6 Å². The first kappa shape index (κ1) is 16.0. The van der Waals surface area contributed by atoms with Gasteiger partial charge in [0.2, 0.25) is 5.91 Å². The molecule has 0 aliphatic carbocycles. The van der Waals surface area contributed by atoms with Crippen LogP contribution in [-0.2, 0) is 9.59 Å². The van der Waals surface area contributed by atoms with Gasteiger partial charge in [-0.2, -0.15) is 0 Å². The van der Waals surface area contributed by atoms with Crippen LogP contribution < -0.4 is 5.32 Å². The summed E-state index contributed by atoms with van der Waals surface area (Å²) in [6.07, 6.45) is 3.83. The highest BCUT2D eigenvalue weighted by Crippen LogP contribution is 2.32. The number of aliphatic carboxylic acids is 1. The van der Waals surface area contributed by atoms with Gasteiger partial charge in [-0.15, -0.1) is 0 Å². The molecule has 0 spiro atoms. The van der Waals surface area contributed by atoms with Crippen LogP contribution in [0.5, 0.6) is 0 Å². The SMILES string of the molecule is CCC(CC)NC(=O)CN1CCCC1(CC)C(=O)O. The quantitative estimate of drug-likeness (QED) is 0.737. The van der Waals surface area contributed by atoms with E-state index in [2.05, 4.69) is 5.32 Å². The molecule has 1 saturated heterocycles. The Morgan fingerprint density at radius 2 is 1.95 bits per heavy atom. The number of carboxylic acids is 1. The Kier molecular flexibility index (Phi) is 5.79. The Labute approximate surface area is 115 Å². The van der Waals surface area contributed by atoms with Crippen molar-refractivity contribution < 1.29 is 14.7 Å². The van der Waals surface area contributed by atoms with Crippen LogP contribution in [0.2, 0.25) is 0 Å². The summed E-state index contributed by atoms with van der Waals surface area (Å²) in [5.74, 6) is -0.863. The monoisotopic (exact) mass is 270 g/mol. The lowest BCUT2D eigenvalue weighted by Gasteiger charge is -2.33. The van der Waals surface area contributed by atoms with Gasteiger partial charge in [0, 0.05) is 6.04 Å². The van der Waals surface area contributed by atoms with Gasteiger partial charge in [0.25, 0.3) is 0 Å². The lowest BCUT2D eigenvalue weighted by atomic mass is 9.93. The molecule has 1 fully saturated rings. The van der Waals surface area contributed by atoms with E-state index in [4.69, 9.17) is 0 Å². The summed E-state index contributed by atoms with van der Waals surface area (Å²) in [4.78, 5) is 25.3. The zero-order valence-electron chi connectivity index (χ0n) is 12.2. The summed E-state index contributed by atoms with van der Waals surface area (Å²) >= 11 is 0. The van der Waals surface area contributed by atoms with Gasteiger partial charge in [-0.05, 0) is 38.6 Å². The number of hydrogen-bond donors (Lipinski definition) is 2. The van der Waals surface area contributed by atoms with E-state index in [1.165, 1.54) is 0 Å². The summed E-state index contributed by atoms with van der Waals surface area (Å²) in [6.45, 7) is 6.84. The molecule has 110 valence electrons. The fraction of sp³-hybridized carbons (Fsp3) is 0.857. The molecule has 0 radical (unpaired) electrons. The molecule has 1 heterocycles. The van der Waals surface area contributed by atoms with Crippen LogP contribution in [0, 0.1) is 0 Å². The topological polar surface area (TPSA) is 69.6 Å². The molecule has 1 atom stereocenters. The maximum atomic E-state index is 12.0. The Hall–Kier alpha value is -1.10. The van der Waals surface area contributed by atoms with Gasteiger partial charge in [0.15, 0.2) is 0 Å². The number of amides is 1. The van der Waals surface area contributed by atoms with Crippen molar-refractivity contribution in [2.75, 3.05) is 13.1 Å². The molecule has 1 amide bonds. The highest BCUT2D eigenvalue weighted by Gasteiger charge is 2.46. The van der Waals surface area contributed by atoms with E-state index in [0.29, 0.717) is 19.4 Å². The van der Waals surface area contributed by atoms with Gasteiger partial charge in [-0.1, -0.05) is 20.8 Å². The summed E-state index contributed by atoms with van der Waals surface area (Å²) in [5, 5.41) is 12.4. The number of rotatable bonds is 7. The molecule has 0 aromatic heterocycles. The van der Waals surface area contributed by atoms with E-state index in [1.807, 2.05) is 25.7 Å². The number of hydrogen-bond acceptors (Lipinski definition) is 3. The van der Waals surface area contributed by atoms with Crippen molar-refractivity contribution >= 4 is 11.9 Å². The van der Waals surface area contributed by atoms with Crippen molar-refractivity contribution in [2.45, 2.75) is 64.5 Å². The van der Waals surface area contributed by atoms with E-state index >= 15 is 0 Å². The predicted octanol–water partition coefficient (Wildman–Crippen LogP) is 1.62. The van der Waals surface area contributed by atoms with Gasteiger partial charge in [-0.3, -0.25) is 14.5 Å². The third-order valence-electron chi connectivity index (χ3n) is 4.29. The van der Waals surface area contributed by atoms with Gasteiger partial charge < -0.3 is 10.4 Å². The van der Waals surface area contributed by atoms with Crippen molar-refractivity contribution in [1.29, 1.82) is 0 Å². The van der Waals surface area contributed by atoms with Gasteiger partial charge in [0.05, 0.1) is 6.54 Å². The Morgan fingerprint density at radius 1 is 1.32 bits per heavy atom. The first-order valence-electron chi connectivity index (χ1n) is 7.28.